The molecule has 3 fully saturated rings. The minimum absolute atomic E-state index is 0.00447. The second-order valence-electron chi connectivity index (χ2n) is 9.94. The van der Waals surface area contributed by atoms with Gasteiger partial charge in [-0.25, -0.2) is 21.9 Å². The number of hydrogen-bond acceptors (Lipinski definition) is 9. The van der Waals surface area contributed by atoms with Crippen LogP contribution in [-0.2, 0) is 24.3 Å². The van der Waals surface area contributed by atoms with Gasteiger partial charge in [-0.1, -0.05) is 11.6 Å². The topological polar surface area (TPSA) is 121 Å². The van der Waals surface area contributed by atoms with Crippen molar-refractivity contribution in [1.82, 2.24) is 9.62 Å². The van der Waals surface area contributed by atoms with Crippen molar-refractivity contribution in [1.29, 1.82) is 5.26 Å². The Labute approximate surface area is 247 Å². The van der Waals surface area contributed by atoms with Crippen molar-refractivity contribution >= 4 is 45.0 Å². The lowest BCUT2D eigenvalue weighted by Crippen LogP contribution is -2.52. The smallest absolute Gasteiger partial charge is 0.268 e. The van der Waals surface area contributed by atoms with E-state index in [1.54, 1.807) is 23.9 Å². The summed E-state index contributed by atoms with van der Waals surface area (Å²) in [4.78, 5) is 15.5. The van der Waals surface area contributed by atoms with Crippen LogP contribution in [0.2, 0.25) is 5.02 Å². The van der Waals surface area contributed by atoms with Gasteiger partial charge < -0.3 is 14.8 Å². The predicted octanol–water partition coefficient (Wildman–Crippen LogP) is 3.97. The SMILES string of the molecule is CSc1ccc(F)cc1.N#Cc1cc(S(=O)(=O)NC(=O)[C@@]23CO[C@@H](CCO2)C3)cc(Cl)c1NCCCN1CC(F)C1. The summed E-state index contributed by atoms with van der Waals surface area (Å²) in [7, 11) is -4.29. The summed E-state index contributed by atoms with van der Waals surface area (Å²) in [5, 5.41) is 12.6. The quantitative estimate of drug-likeness (QED) is 0.314. The molecule has 0 unspecified atom stereocenters. The van der Waals surface area contributed by atoms with Crippen molar-refractivity contribution in [3.63, 3.8) is 0 Å². The van der Waals surface area contributed by atoms with E-state index in [9.17, 15) is 27.3 Å². The van der Waals surface area contributed by atoms with Crippen LogP contribution in [0.1, 0.15) is 24.8 Å². The van der Waals surface area contributed by atoms with Crippen LogP contribution in [0, 0.1) is 17.1 Å². The van der Waals surface area contributed by atoms with Crippen LogP contribution in [0.15, 0.2) is 46.2 Å². The molecular formula is C27H31ClF2N4O5S2. The van der Waals surface area contributed by atoms with E-state index in [-0.39, 0.29) is 34.0 Å². The number of amides is 1. The first-order valence-corrected chi connectivity index (χ1v) is 16.1. The number of alkyl halides is 1. The van der Waals surface area contributed by atoms with Crippen molar-refractivity contribution in [2.45, 2.75) is 46.9 Å². The number of nitrogens with one attached hydrogen (secondary N) is 2. The van der Waals surface area contributed by atoms with E-state index in [0.717, 1.165) is 4.90 Å². The molecular weight excluding hydrogens is 598 g/mol. The predicted molar refractivity (Wildman–Crippen MR) is 152 cm³/mol. The lowest BCUT2D eigenvalue weighted by molar-refractivity contribution is -0.146. The number of rotatable bonds is 9. The van der Waals surface area contributed by atoms with Crippen LogP contribution < -0.4 is 10.0 Å². The van der Waals surface area contributed by atoms with E-state index >= 15 is 0 Å². The molecule has 1 amide bonds. The average molecular weight is 629 g/mol. The molecule has 0 spiro atoms. The Morgan fingerprint density at radius 1 is 1.29 bits per heavy atom. The third kappa shape index (κ3) is 7.88. The van der Waals surface area contributed by atoms with Gasteiger partial charge in [0.25, 0.3) is 15.9 Å². The summed E-state index contributed by atoms with van der Waals surface area (Å²) < 4.78 is 63.8. The maximum absolute atomic E-state index is 12.9. The summed E-state index contributed by atoms with van der Waals surface area (Å²) in [5.74, 6) is -0.967. The fraction of sp³-hybridized carbons (Fsp3) is 0.481. The summed E-state index contributed by atoms with van der Waals surface area (Å²) in [6.07, 6.45) is 2.74. The zero-order valence-corrected chi connectivity index (χ0v) is 24.8. The Kier molecular flexibility index (Phi) is 10.5. The lowest BCUT2D eigenvalue weighted by atomic mass is 9.95. The van der Waals surface area contributed by atoms with E-state index < -0.39 is 27.7 Å². The Bertz CT molecular complexity index is 1380. The van der Waals surface area contributed by atoms with Crippen molar-refractivity contribution in [3.8, 4) is 6.07 Å². The largest absolute Gasteiger partial charge is 0.383 e. The number of hydrogen-bond donors (Lipinski definition) is 2. The number of carbonyl (C=O) groups is 1. The molecule has 14 heteroatoms. The molecule has 5 rings (SSSR count). The summed E-state index contributed by atoms with van der Waals surface area (Å²) in [6, 6.07) is 10.8. The highest BCUT2D eigenvalue weighted by Crippen LogP contribution is 2.35. The number of halogens is 3. The molecule has 9 nitrogen and oxygen atoms in total. The number of sulfonamides is 1. The van der Waals surface area contributed by atoms with Crippen molar-refractivity contribution in [3.05, 3.63) is 52.8 Å². The number of fused-ring (bicyclic) bond motifs is 2. The standard InChI is InChI=1S/C20H24ClFN4O5S.C7H7FS/c21-17-7-16(6-13(9-23)18(17)24-3-1-4-26-10-14(22)11-26)32(28,29)25-19(27)20-8-15(30-12-20)2-5-31-20;1-9-7-4-2-6(8)3-5-7/h6-7,14-15,24H,1-5,8,10-12H2,(H,25,27);2-5H,1H3/t15-,20+;/m0./s1. The maximum atomic E-state index is 12.9. The molecule has 0 radical (unpaired) electrons. The molecule has 2 atom stereocenters. The highest BCUT2D eigenvalue weighted by molar-refractivity contribution is 7.98. The van der Waals surface area contributed by atoms with E-state index in [1.807, 2.05) is 21.9 Å². The molecule has 222 valence electrons. The first-order chi connectivity index (χ1) is 19.5. The maximum Gasteiger partial charge on any atom is 0.268 e. The highest BCUT2D eigenvalue weighted by atomic mass is 35.5. The Balaban J connectivity index is 0.000000367. The van der Waals surface area contributed by atoms with Crippen LogP contribution in [-0.4, -0.2) is 82.8 Å². The third-order valence-corrected chi connectivity index (χ3v) is 9.33. The van der Waals surface area contributed by atoms with E-state index in [2.05, 4.69) is 5.32 Å². The molecule has 3 aliphatic rings. The fourth-order valence-corrected chi connectivity index (χ4v) is 6.54. The number of nitriles is 1. The van der Waals surface area contributed by atoms with Gasteiger partial charge in [0.2, 0.25) is 0 Å². The van der Waals surface area contributed by atoms with Gasteiger partial charge in [-0.2, -0.15) is 5.26 Å². The number of nitrogens with zero attached hydrogens (tertiary/aromatic N) is 2. The van der Waals surface area contributed by atoms with Crippen LogP contribution in [0.3, 0.4) is 0 Å². The van der Waals surface area contributed by atoms with Crippen LogP contribution >= 0.6 is 23.4 Å². The van der Waals surface area contributed by atoms with E-state index in [1.165, 1.54) is 24.3 Å². The first kappa shape index (κ1) is 31.5. The zero-order chi connectivity index (χ0) is 29.6. The number of carbonyl (C=O) groups excluding carboxylic acids is 1. The zero-order valence-electron chi connectivity index (χ0n) is 22.4. The van der Waals surface area contributed by atoms with Gasteiger partial charge in [0.05, 0.1) is 40.5 Å². The molecule has 0 aromatic heterocycles. The normalized spacial score (nSPS) is 22.2. The third-order valence-electron chi connectivity index (χ3n) is 6.98. The summed E-state index contributed by atoms with van der Waals surface area (Å²) >= 11 is 7.88. The number of ether oxygens (including phenoxy) is 2. The number of anilines is 1. The number of thioether (sulfide) groups is 1. The van der Waals surface area contributed by atoms with Gasteiger partial charge in [0.1, 0.15) is 18.1 Å². The highest BCUT2D eigenvalue weighted by Gasteiger charge is 2.51. The average Bonchev–Trinajstić information content (AvgIpc) is 3.24. The first-order valence-electron chi connectivity index (χ1n) is 13.0. The molecule has 2 aromatic rings. The van der Waals surface area contributed by atoms with Gasteiger partial charge in [-0.3, -0.25) is 9.69 Å². The lowest BCUT2D eigenvalue weighted by Gasteiger charge is -2.34. The van der Waals surface area contributed by atoms with Gasteiger partial charge in [0, 0.05) is 37.5 Å². The molecule has 0 saturated carbocycles. The van der Waals surface area contributed by atoms with Gasteiger partial charge in [-0.15, -0.1) is 11.8 Å². The van der Waals surface area contributed by atoms with Gasteiger partial charge in [0.15, 0.2) is 5.60 Å². The molecule has 3 heterocycles. The molecule has 3 saturated heterocycles. The Morgan fingerprint density at radius 3 is 2.68 bits per heavy atom. The van der Waals surface area contributed by atoms with E-state index in [4.69, 9.17) is 21.1 Å². The molecule has 2 N–H and O–H groups in total. The van der Waals surface area contributed by atoms with Crippen LogP contribution in [0.25, 0.3) is 0 Å². The van der Waals surface area contributed by atoms with Crippen LogP contribution in [0.5, 0.6) is 0 Å². The number of likely N-dealkylation sites (tertiary alicyclic amines) is 1. The second-order valence-corrected chi connectivity index (χ2v) is 12.9. The Morgan fingerprint density at radius 2 is 2.02 bits per heavy atom. The molecule has 2 aromatic carbocycles. The fourth-order valence-electron chi connectivity index (χ4n) is 4.69. The minimum Gasteiger partial charge on any atom is -0.383 e. The van der Waals surface area contributed by atoms with Crippen molar-refractivity contribution < 1.29 is 31.5 Å². The molecule has 2 bridgehead atoms. The molecule has 41 heavy (non-hydrogen) atoms. The monoisotopic (exact) mass is 628 g/mol. The van der Waals surface area contributed by atoms with Crippen molar-refractivity contribution in [2.24, 2.45) is 0 Å². The van der Waals surface area contributed by atoms with E-state index in [0.29, 0.717) is 57.7 Å². The van der Waals surface area contributed by atoms with Crippen LogP contribution in [0.4, 0.5) is 14.5 Å². The second kappa shape index (κ2) is 13.7. The van der Waals surface area contributed by atoms with Gasteiger partial charge in [-0.05, 0) is 55.5 Å². The van der Waals surface area contributed by atoms with Crippen molar-refractivity contribution in [2.75, 3.05) is 51.0 Å². The van der Waals surface area contributed by atoms with Gasteiger partial charge >= 0.3 is 0 Å². The molecule has 0 aliphatic carbocycles. The summed E-state index contributed by atoms with van der Waals surface area (Å²) in [6.45, 7) is 2.36. The molecule has 3 aliphatic heterocycles. The number of benzene rings is 2. The Hall–Kier alpha value is -2.47. The summed E-state index contributed by atoms with van der Waals surface area (Å²) in [5.41, 5.74) is -0.972. The minimum atomic E-state index is -4.29.